The predicted molar refractivity (Wildman–Crippen MR) is 88.4 cm³/mol. The highest BCUT2D eigenvalue weighted by molar-refractivity contribution is 6.30. The van der Waals surface area contributed by atoms with Gasteiger partial charge in [0.05, 0.1) is 0 Å². The van der Waals surface area contributed by atoms with Gasteiger partial charge in [-0.2, -0.15) is 0 Å². The van der Waals surface area contributed by atoms with Crippen molar-refractivity contribution in [1.82, 2.24) is 15.5 Å². The van der Waals surface area contributed by atoms with Gasteiger partial charge >= 0.3 is 0 Å². The van der Waals surface area contributed by atoms with Crippen LogP contribution in [0, 0.1) is 0 Å². The number of nitrogens with zero attached hydrogens (tertiary/aromatic N) is 2. The van der Waals surface area contributed by atoms with Crippen molar-refractivity contribution in [2.45, 2.75) is 6.10 Å². The number of hydrogen-bond acceptors (Lipinski definition) is 6. The van der Waals surface area contributed by atoms with Crippen LogP contribution in [0.4, 0.5) is 0 Å². The zero-order valence-electron chi connectivity index (χ0n) is 12.3. The third-order valence-corrected chi connectivity index (χ3v) is 3.23. The summed E-state index contributed by atoms with van der Waals surface area (Å²) in [5.41, 5.74) is 0. The highest BCUT2D eigenvalue weighted by Gasteiger charge is 2.06. The minimum absolute atomic E-state index is 0.112. The second-order valence-corrected chi connectivity index (χ2v) is 5.49. The molecular weight excluding hydrogens is 341 g/mol. The molecule has 1 aromatic heterocycles. The summed E-state index contributed by atoms with van der Waals surface area (Å²) in [4.78, 5) is 0. The van der Waals surface area contributed by atoms with E-state index >= 15 is 0 Å². The molecule has 0 fully saturated rings. The minimum Gasteiger partial charge on any atom is -0.492 e. The molecule has 0 amide bonds. The Kier molecular flexibility index (Phi) is 7.35. The molecule has 1 unspecified atom stereocenters. The van der Waals surface area contributed by atoms with Crippen LogP contribution in [0.1, 0.15) is 0 Å². The molecular formula is C15H17Cl2N3O3. The largest absolute Gasteiger partial charge is 0.492 e. The molecule has 1 aromatic carbocycles. The highest BCUT2D eigenvalue weighted by Crippen LogP contribution is 2.15. The van der Waals surface area contributed by atoms with Crippen LogP contribution in [0.25, 0.3) is 0 Å². The Hall–Kier alpha value is -1.60. The Bertz CT molecular complexity index is 582. The van der Waals surface area contributed by atoms with Gasteiger partial charge in [0.25, 0.3) is 0 Å². The predicted octanol–water partition coefficient (Wildman–Crippen LogP) is 2.19. The number of halogens is 2. The molecule has 8 heteroatoms. The average Bonchev–Trinajstić information content (AvgIpc) is 2.56. The molecule has 2 aromatic rings. The molecule has 0 saturated heterocycles. The van der Waals surface area contributed by atoms with Crippen molar-refractivity contribution < 1.29 is 14.6 Å². The third-order valence-electron chi connectivity index (χ3n) is 2.77. The van der Waals surface area contributed by atoms with Gasteiger partial charge in [0.1, 0.15) is 25.1 Å². The first kappa shape index (κ1) is 17.7. The number of hydrogen-bond donors (Lipinski definition) is 2. The maximum Gasteiger partial charge on any atom is 0.233 e. The van der Waals surface area contributed by atoms with Gasteiger partial charge in [-0.25, -0.2) is 0 Å². The number of aliphatic hydroxyl groups excluding tert-OH is 1. The molecule has 6 nitrogen and oxygen atoms in total. The van der Waals surface area contributed by atoms with Crippen molar-refractivity contribution in [3.63, 3.8) is 0 Å². The molecule has 124 valence electrons. The summed E-state index contributed by atoms with van der Waals surface area (Å²) in [7, 11) is 0. The highest BCUT2D eigenvalue weighted by atomic mass is 35.5. The minimum atomic E-state index is -0.664. The van der Waals surface area contributed by atoms with E-state index in [9.17, 15) is 5.11 Å². The van der Waals surface area contributed by atoms with Crippen molar-refractivity contribution in [3.05, 3.63) is 46.6 Å². The summed E-state index contributed by atoms with van der Waals surface area (Å²) in [5, 5.41) is 21.2. The fourth-order valence-corrected chi connectivity index (χ4v) is 1.89. The SMILES string of the molecule is OC(CNCCOc1ccc(Cl)cc1)COc1ccc(Cl)nn1. The summed E-state index contributed by atoms with van der Waals surface area (Å²) in [6, 6.07) is 10.3. The fourth-order valence-electron chi connectivity index (χ4n) is 1.66. The molecule has 0 spiro atoms. The van der Waals surface area contributed by atoms with E-state index in [0.29, 0.717) is 35.8 Å². The van der Waals surface area contributed by atoms with Crippen LogP contribution < -0.4 is 14.8 Å². The lowest BCUT2D eigenvalue weighted by molar-refractivity contribution is 0.102. The van der Waals surface area contributed by atoms with Crippen LogP contribution in [-0.2, 0) is 0 Å². The molecule has 23 heavy (non-hydrogen) atoms. The Morgan fingerprint density at radius 3 is 2.52 bits per heavy atom. The topological polar surface area (TPSA) is 76.5 Å². The third kappa shape index (κ3) is 7.00. The number of ether oxygens (including phenoxy) is 2. The molecule has 1 heterocycles. The first-order chi connectivity index (χ1) is 11.1. The standard InChI is InChI=1S/C15H17Cl2N3O3/c16-11-1-3-13(4-2-11)22-8-7-18-9-12(21)10-23-15-6-5-14(17)19-20-15/h1-6,12,18,21H,7-10H2. The Labute approximate surface area is 144 Å². The first-order valence-electron chi connectivity index (χ1n) is 7.02. The van der Waals surface area contributed by atoms with E-state index in [2.05, 4.69) is 15.5 Å². The van der Waals surface area contributed by atoms with E-state index in [1.54, 1.807) is 36.4 Å². The summed E-state index contributed by atoms with van der Waals surface area (Å²) in [6.07, 6.45) is -0.664. The number of aromatic nitrogens is 2. The summed E-state index contributed by atoms with van der Waals surface area (Å²) >= 11 is 11.4. The van der Waals surface area contributed by atoms with Gasteiger partial charge in [0.15, 0.2) is 5.15 Å². The Morgan fingerprint density at radius 2 is 1.83 bits per heavy atom. The summed E-state index contributed by atoms with van der Waals surface area (Å²) in [5.74, 6) is 1.07. The quantitative estimate of drug-likeness (QED) is 0.670. The smallest absolute Gasteiger partial charge is 0.233 e. The molecule has 0 radical (unpaired) electrons. The van der Waals surface area contributed by atoms with E-state index in [4.69, 9.17) is 32.7 Å². The number of rotatable bonds is 9. The van der Waals surface area contributed by atoms with Gasteiger partial charge in [0.2, 0.25) is 5.88 Å². The van der Waals surface area contributed by atoms with Crippen LogP contribution in [-0.4, -0.2) is 47.7 Å². The Morgan fingerprint density at radius 1 is 1.04 bits per heavy atom. The molecule has 0 aliphatic rings. The zero-order valence-corrected chi connectivity index (χ0v) is 13.8. The number of aliphatic hydroxyl groups is 1. The normalized spacial score (nSPS) is 12.0. The lowest BCUT2D eigenvalue weighted by Gasteiger charge is -2.13. The molecule has 0 saturated carbocycles. The van der Waals surface area contributed by atoms with E-state index in [1.807, 2.05) is 0 Å². The Balaban J connectivity index is 1.55. The van der Waals surface area contributed by atoms with Crippen molar-refractivity contribution >= 4 is 23.2 Å². The van der Waals surface area contributed by atoms with Gasteiger partial charge in [-0.05, 0) is 30.3 Å². The maximum atomic E-state index is 9.79. The summed E-state index contributed by atoms with van der Waals surface area (Å²) < 4.78 is 10.8. The second-order valence-electron chi connectivity index (χ2n) is 4.67. The van der Waals surface area contributed by atoms with Crippen LogP contribution in [0.3, 0.4) is 0 Å². The molecule has 0 aliphatic carbocycles. The molecule has 0 bridgehead atoms. The van der Waals surface area contributed by atoms with E-state index < -0.39 is 6.10 Å². The number of nitrogens with one attached hydrogen (secondary N) is 1. The zero-order chi connectivity index (χ0) is 16.5. The van der Waals surface area contributed by atoms with Gasteiger partial charge in [-0.1, -0.05) is 23.2 Å². The maximum absolute atomic E-state index is 9.79. The summed E-state index contributed by atoms with van der Waals surface area (Å²) in [6.45, 7) is 1.57. The van der Waals surface area contributed by atoms with Crippen LogP contribution in [0.2, 0.25) is 10.2 Å². The van der Waals surface area contributed by atoms with Gasteiger partial charge < -0.3 is 19.9 Å². The molecule has 1 atom stereocenters. The molecule has 0 aliphatic heterocycles. The van der Waals surface area contributed by atoms with Gasteiger partial charge in [-0.15, -0.1) is 10.2 Å². The van der Waals surface area contributed by atoms with Crippen molar-refractivity contribution in [2.24, 2.45) is 0 Å². The second kappa shape index (κ2) is 9.52. The fraction of sp³-hybridized carbons (Fsp3) is 0.333. The first-order valence-corrected chi connectivity index (χ1v) is 7.78. The van der Waals surface area contributed by atoms with Gasteiger partial charge in [0, 0.05) is 24.2 Å². The van der Waals surface area contributed by atoms with Crippen LogP contribution in [0.15, 0.2) is 36.4 Å². The van der Waals surface area contributed by atoms with Crippen molar-refractivity contribution in [1.29, 1.82) is 0 Å². The van der Waals surface area contributed by atoms with Crippen molar-refractivity contribution in [2.75, 3.05) is 26.3 Å². The van der Waals surface area contributed by atoms with Crippen molar-refractivity contribution in [3.8, 4) is 11.6 Å². The van der Waals surface area contributed by atoms with Crippen LogP contribution >= 0.6 is 23.2 Å². The van der Waals surface area contributed by atoms with E-state index in [0.717, 1.165) is 5.75 Å². The lowest BCUT2D eigenvalue weighted by Crippen LogP contribution is -2.33. The van der Waals surface area contributed by atoms with E-state index in [1.165, 1.54) is 0 Å². The van der Waals surface area contributed by atoms with Crippen LogP contribution in [0.5, 0.6) is 11.6 Å². The lowest BCUT2D eigenvalue weighted by atomic mass is 10.3. The van der Waals surface area contributed by atoms with Gasteiger partial charge in [-0.3, -0.25) is 0 Å². The number of benzene rings is 1. The monoisotopic (exact) mass is 357 g/mol. The molecule has 2 N–H and O–H groups in total. The molecule has 2 rings (SSSR count). The average molecular weight is 358 g/mol. The van der Waals surface area contributed by atoms with E-state index in [-0.39, 0.29) is 6.61 Å².